The Morgan fingerprint density at radius 2 is 1.88 bits per heavy atom. The van der Waals surface area contributed by atoms with Gasteiger partial charge in [0.2, 0.25) is 0 Å². The number of nitrogens with zero attached hydrogens (tertiary/aromatic N) is 2. The molecule has 2 N–H and O–H groups in total. The zero-order chi connectivity index (χ0) is 22.5. The molecule has 8 nitrogen and oxygen atoms in total. The van der Waals surface area contributed by atoms with Crippen molar-refractivity contribution in [1.29, 1.82) is 0 Å². The molecule has 4 rings (SSSR count). The molecule has 0 aromatic heterocycles. The molecule has 2 aromatic carbocycles. The number of hydrogen-bond donors (Lipinski definition) is 2. The van der Waals surface area contributed by atoms with Gasteiger partial charge in [0.1, 0.15) is 5.75 Å². The molecule has 0 unspecified atom stereocenters. The summed E-state index contributed by atoms with van der Waals surface area (Å²) in [5.74, 6) is -0.885. The minimum atomic E-state index is -0.717. The van der Waals surface area contributed by atoms with Crippen LogP contribution in [0.5, 0.6) is 5.75 Å². The van der Waals surface area contributed by atoms with E-state index in [1.54, 1.807) is 24.3 Å². The molecule has 32 heavy (non-hydrogen) atoms. The van der Waals surface area contributed by atoms with E-state index in [0.29, 0.717) is 31.2 Å². The van der Waals surface area contributed by atoms with E-state index in [1.807, 2.05) is 0 Å². The molecular formula is C24H30N4O4. The highest BCUT2D eigenvalue weighted by Gasteiger charge is 2.26. The fourth-order valence-corrected chi connectivity index (χ4v) is 4.34. The number of carbonyl (C=O) groups is 2. The Morgan fingerprint density at radius 3 is 2.66 bits per heavy atom. The van der Waals surface area contributed by atoms with Gasteiger partial charge in [-0.3, -0.25) is 14.5 Å². The third kappa shape index (κ3) is 4.87. The Bertz CT molecular complexity index is 974. The highest BCUT2D eigenvalue weighted by molar-refractivity contribution is 6.39. The van der Waals surface area contributed by atoms with Crippen LogP contribution in [-0.4, -0.2) is 70.3 Å². The zero-order valence-electron chi connectivity index (χ0n) is 18.6. The molecule has 0 spiro atoms. The third-order valence-electron chi connectivity index (χ3n) is 6.12. The Labute approximate surface area is 188 Å². The number of rotatable bonds is 6. The smallest absolute Gasteiger partial charge is 0.313 e. The molecule has 2 heterocycles. The van der Waals surface area contributed by atoms with Gasteiger partial charge in [-0.15, -0.1) is 0 Å². The number of benzene rings is 2. The lowest BCUT2D eigenvalue weighted by atomic mass is 10.0. The summed E-state index contributed by atoms with van der Waals surface area (Å²) in [6.07, 6.45) is 1.02. The first-order valence-electron chi connectivity index (χ1n) is 10.9. The van der Waals surface area contributed by atoms with Gasteiger partial charge in [0.05, 0.1) is 32.1 Å². The van der Waals surface area contributed by atoms with Gasteiger partial charge in [-0.05, 0) is 35.7 Å². The normalized spacial score (nSPS) is 16.9. The summed E-state index contributed by atoms with van der Waals surface area (Å²) in [6.45, 7) is 4.24. The summed E-state index contributed by atoms with van der Waals surface area (Å²) in [5.41, 5.74) is 4.19. The van der Waals surface area contributed by atoms with Crippen LogP contribution in [0.4, 0.5) is 11.4 Å². The van der Waals surface area contributed by atoms with Crippen LogP contribution in [0, 0.1) is 0 Å². The van der Waals surface area contributed by atoms with Crippen LogP contribution in [-0.2, 0) is 20.7 Å². The average molecular weight is 439 g/mol. The van der Waals surface area contributed by atoms with E-state index in [2.05, 4.69) is 45.7 Å². The van der Waals surface area contributed by atoms with Gasteiger partial charge in [0, 0.05) is 38.9 Å². The first kappa shape index (κ1) is 22.1. The number of hydrogen-bond acceptors (Lipinski definition) is 6. The lowest BCUT2D eigenvalue weighted by Crippen LogP contribution is -2.45. The van der Waals surface area contributed by atoms with Crippen molar-refractivity contribution in [2.75, 3.05) is 63.8 Å². The van der Waals surface area contributed by atoms with Gasteiger partial charge in [-0.1, -0.05) is 24.3 Å². The molecule has 1 atom stereocenters. The Morgan fingerprint density at radius 1 is 1.09 bits per heavy atom. The standard InChI is InChI=1S/C24H30N4O4/c1-27-10-9-18-15-17(7-8-20(18)27)21(28-11-13-32-14-12-28)16-25-23(29)24(30)26-19-5-3-4-6-22(19)31-2/h3-8,15,21H,9-14,16H2,1-2H3,(H,25,29)(H,26,30)/t21-/m0/s1. The topological polar surface area (TPSA) is 83.1 Å². The van der Waals surface area contributed by atoms with E-state index in [1.165, 1.54) is 18.4 Å². The number of para-hydroxylation sites is 2. The summed E-state index contributed by atoms with van der Waals surface area (Å²) in [5, 5.41) is 5.46. The van der Waals surface area contributed by atoms with E-state index < -0.39 is 11.8 Å². The van der Waals surface area contributed by atoms with Gasteiger partial charge in [-0.2, -0.15) is 0 Å². The summed E-state index contributed by atoms with van der Waals surface area (Å²) >= 11 is 0. The molecule has 2 amide bonds. The van der Waals surface area contributed by atoms with Crippen molar-refractivity contribution in [1.82, 2.24) is 10.2 Å². The van der Waals surface area contributed by atoms with E-state index in [-0.39, 0.29) is 6.04 Å². The highest BCUT2D eigenvalue weighted by atomic mass is 16.5. The first-order chi connectivity index (χ1) is 15.6. The number of carbonyl (C=O) groups excluding carboxylic acids is 2. The van der Waals surface area contributed by atoms with E-state index in [9.17, 15) is 9.59 Å². The van der Waals surface area contributed by atoms with Crippen LogP contribution in [0.25, 0.3) is 0 Å². The number of methoxy groups -OCH3 is 1. The number of nitrogens with one attached hydrogen (secondary N) is 2. The minimum Gasteiger partial charge on any atom is -0.495 e. The number of amides is 2. The van der Waals surface area contributed by atoms with Crippen molar-refractivity contribution in [2.45, 2.75) is 12.5 Å². The van der Waals surface area contributed by atoms with Crippen LogP contribution in [0.3, 0.4) is 0 Å². The Hall–Kier alpha value is -3.10. The average Bonchev–Trinajstić information content (AvgIpc) is 3.20. The quantitative estimate of drug-likeness (QED) is 0.670. The lowest BCUT2D eigenvalue weighted by Gasteiger charge is -2.35. The number of likely N-dealkylation sites (N-methyl/N-ethyl adjacent to an activating group) is 1. The fourth-order valence-electron chi connectivity index (χ4n) is 4.34. The van der Waals surface area contributed by atoms with Crippen molar-refractivity contribution in [3.8, 4) is 5.75 Å². The van der Waals surface area contributed by atoms with Crippen LogP contribution >= 0.6 is 0 Å². The van der Waals surface area contributed by atoms with Crippen LogP contribution in [0.1, 0.15) is 17.2 Å². The maximum atomic E-state index is 12.6. The molecule has 0 aliphatic carbocycles. The second kappa shape index (κ2) is 10.0. The van der Waals surface area contributed by atoms with E-state index in [4.69, 9.17) is 9.47 Å². The molecule has 2 aliphatic heterocycles. The second-order valence-electron chi connectivity index (χ2n) is 8.09. The van der Waals surface area contributed by atoms with E-state index in [0.717, 1.165) is 31.6 Å². The van der Waals surface area contributed by atoms with Crippen molar-refractivity contribution in [3.63, 3.8) is 0 Å². The molecule has 170 valence electrons. The molecule has 0 radical (unpaired) electrons. The summed E-state index contributed by atoms with van der Waals surface area (Å²) in [4.78, 5) is 29.6. The maximum absolute atomic E-state index is 12.6. The second-order valence-corrected chi connectivity index (χ2v) is 8.09. The van der Waals surface area contributed by atoms with Gasteiger partial charge >= 0.3 is 11.8 Å². The van der Waals surface area contributed by atoms with Crippen LogP contribution in [0.2, 0.25) is 0 Å². The van der Waals surface area contributed by atoms with Gasteiger partial charge in [-0.25, -0.2) is 0 Å². The molecule has 1 fully saturated rings. The number of fused-ring (bicyclic) bond motifs is 1. The van der Waals surface area contributed by atoms with E-state index >= 15 is 0 Å². The molecule has 2 aromatic rings. The van der Waals surface area contributed by atoms with Gasteiger partial charge in [0.15, 0.2) is 0 Å². The molecule has 8 heteroatoms. The lowest BCUT2D eigenvalue weighted by molar-refractivity contribution is -0.136. The van der Waals surface area contributed by atoms with Crippen molar-refractivity contribution < 1.29 is 19.1 Å². The van der Waals surface area contributed by atoms with Crippen molar-refractivity contribution >= 4 is 23.2 Å². The predicted molar refractivity (Wildman–Crippen MR) is 123 cm³/mol. The van der Waals surface area contributed by atoms with Crippen LogP contribution < -0.4 is 20.3 Å². The SMILES string of the molecule is COc1ccccc1NC(=O)C(=O)NC[C@@H](c1ccc2c(c1)CCN2C)N1CCOCC1. The maximum Gasteiger partial charge on any atom is 0.313 e. The minimum absolute atomic E-state index is 0.0295. The van der Waals surface area contributed by atoms with Gasteiger partial charge in [0.25, 0.3) is 0 Å². The third-order valence-corrected chi connectivity index (χ3v) is 6.12. The van der Waals surface area contributed by atoms with Crippen molar-refractivity contribution in [2.24, 2.45) is 0 Å². The monoisotopic (exact) mass is 438 g/mol. The predicted octanol–water partition coefficient (Wildman–Crippen LogP) is 1.82. The molecular weight excluding hydrogens is 408 g/mol. The zero-order valence-corrected chi connectivity index (χ0v) is 18.6. The highest BCUT2D eigenvalue weighted by Crippen LogP contribution is 2.31. The molecule has 2 aliphatic rings. The summed E-state index contributed by atoms with van der Waals surface area (Å²) < 4.78 is 10.8. The first-order valence-corrected chi connectivity index (χ1v) is 10.9. The molecule has 0 saturated carbocycles. The molecule has 0 bridgehead atoms. The van der Waals surface area contributed by atoms with Crippen LogP contribution in [0.15, 0.2) is 42.5 Å². The Balaban J connectivity index is 1.45. The summed E-state index contributed by atoms with van der Waals surface area (Å²) in [6, 6.07) is 13.5. The number of anilines is 2. The largest absolute Gasteiger partial charge is 0.495 e. The fraction of sp³-hybridized carbons (Fsp3) is 0.417. The number of morpholine rings is 1. The van der Waals surface area contributed by atoms with Crippen molar-refractivity contribution in [3.05, 3.63) is 53.6 Å². The number of ether oxygens (including phenoxy) is 2. The Kier molecular flexibility index (Phi) is 6.92. The molecule has 1 saturated heterocycles. The van der Waals surface area contributed by atoms with Gasteiger partial charge < -0.3 is 25.0 Å². The summed E-state index contributed by atoms with van der Waals surface area (Å²) in [7, 11) is 3.62.